The molecule has 4 rings (SSSR count). The van der Waals surface area contributed by atoms with Crippen LogP contribution in [0.2, 0.25) is 0 Å². The minimum atomic E-state index is 0.260. The standard InChI is InChI=1S/C24H32N6O/c1-17-14-26-24(21-6-5-11-25-15-21)30(17)16-20-9-12-29(13-10-20)23(31)8-7-22-18(2)27-28(4)19(22)3/h5-6,11,14-15,20H,7-10,12-13,16H2,1-4H3. The molecule has 4 heterocycles. The third-order valence-corrected chi connectivity index (χ3v) is 6.63. The van der Waals surface area contributed by atoms with Gasteiger partial charge in [0.1, 0.15) is 5.82 Å². The number of piperidine rings is 1. The second-order valence-electron chi connectivity index (χ2n) is 8.67. The highest BCUT2D eigenvalue weighted by Gasteiger charge is 2.24. The van der Waals surface area contributed by atoms with Gasteiger partial charge in [-0.25, -0.2) is 4.98 Å². The van der Waals surface area contributed by atoms with Crippen LogP contribution in [0.3, 0.4) is 0 Å². The smallest absolute Gasteiger partial charge is 0.222 e. The Kier molecular flexibility index (Phi) is 6.20. The van der Waals surface area contributed by atoms with Gasteiger partial charge < -0.3 is 9.47 Å². The molecule has 31 heavy (non-hydrogen) atoms. The van der Waals surface area contributed by atoms with Gasteiger partial charge >= 0.3 is 0 Å². The summed E-state index contributed by atoms with van der Waals surface area (Å²) in [7, 11) is 1.96. The van der Waals surface area contributed by atoms with E-state index in [2.05, 4.69) is 39.5 Å². The number of amides is 1. The molecular formula is C24H32N6O. The highest BCUT2D eigenvalue weighted by atomic mass is 16.2. The number of nitrogens with zero attached hydrogens (tertiary/aromatic N) is 6. The summed E-state index contributed by atoms with van der Waals surface area (Å²) in [6.07, 6.45) is 8.97. The number of carbonyl (C=O) groups is 1. The number of likely N-dealkylation sites (tertiary alicyclic amines) is 1. The van der Waals surface area contributed by atoms with Crippen LogP contribution in [0.5, 0.6) is 0 Å². The normalized spacial score (nSPS) is 14.9. The van der Waals surface area contributed by atoms with E-state index < -0.39 is 0 Å². The topological polar surface area (TPSA) is 68.8 Å². The van der Waals surface area contributed by atoms with E-state index in [9.17, 15) is 4.79 Å². The Morgan fingerprint density at radius 1 is 1.16 bits per heavy atom. The Hall–Kier alpha value is -2.96. The van der Waals surface area contributed by atoms with Gasteiger partial charge in [-0.15, -0.1) is 0 Å². The molecule has 7 heteroatoms. The number of carbonyl (C=O) groups excluding carboxylic acids is 1. The Morgan fingerprint density at radius 2 is 1.94 bits per heavy atom. The number of hydrogen-bond acceptors (Lipinski definition) is 4. The van der Waals surface area contributed by atoms with Crippen LogP contribution in [-0.2, 0) is 24.8 Å². The van der Waals surface area contributed by atoms with Crippen LogP contribution in [0, 0.1) is 26.7 Å². The van der Waals surface area contributed by atoms with E-state index in [0.717, 1.165) is 61.7 Å². The van der Waals surface area contributed by atoms with Crippen molar-refractivity contribution < 1.29 is 4.79 Å². The van der Waals surface area contributed by atoms with Crippen molar-refractivity contribution in [2.75, 3.05) is 13.1 Å². The van der Waals surface area contributed by atoms with Crippen molar-refractivity contribution in [3.63, 3.8) is 0 Å². The van der Waals surface area contributed by atoms with Gasteiger partial charge in [-0.3, -0.25) is 14.5 Å². The average Bonchev–Trinajstić information content (AvgIpc) is 3.26. The van der Waals surface area contributed by atoms with Crippen molar-refractivity contribution in [3.05, 3.63) is 53.4 Å². The largest absolute Gasteiger partial charge is 0.343 e. The quantitative estimate of drug-likeness (QED) is 0.612. The van der Waals surface area contributed by atoms with Crippen LogP contribution in [0.25, 0.3) is 11.4 Å². The maximum absolute atomic E-state index is 12.8. The summed E-state index contributed by atoms with van der Waals surface area (Å²) in [4.78, 5) is 23.7. The lowest BCUT2D eigenvalue weighted by molar-refractivity contribution is -0.132. The minimum Gasteiger partial charge on any atom is -0.343 e. The molecule has 1 aliphatic heterocycles. The van der Waals surface area contributed by atoms with E-state index in [-0.39, 0.29) is 5.91 Å². The lowest BCUT2D eigenvalue weighted by Gasteiger charge is -2.32. The Labute approximate surface area is 184 Å². The van der Waals surface area contributed by atoms with Crippen molar-refractivity contribution in [2.24, 2.45) is 13.0 Å². The number of rotatable bonds is 6. The number of aromatic nitrogens is 5. The maximum atomic E-state index is 12.8. The molecule has 3 aromatic heterocycles. The zero-order chi connectivity index (χ0) is 22.0. The molecule has 0 bridgehead atoms. The summed E-state index contributed by atoms with van der Waals surface area (Å²) in [6, 6.07) is 4.00. The zero-order valence-electron chi connectivity index (χ0n) is 19.0. The molecule has 0 atom stereocenters. The van der Waals surface area contributed by atoms with Crippen molar-refractivity contribution >= 4 is 5.91 Å². The molecule has 1 aliphatic rings. The average molecular weight is 421 g/mol. The van der Waals surface area contributed by atoms with Gasteiger partial charge in [0.05, 0.1) is 5.69 Å². The van der Waals surface area contributed by atoms with Gasteiger partial charge in [0.25, 0.3) is 0 Å². The molecule has 1 amide bonds. The third kappa shape index (κ3) is 4.55. The summed E-state index contributed by atoms with van der Waals surface area (Å²) < 4.78 is 4.20. The first-order valence-electron chi connectivity index (χ1n) is 11.1. The summed E-state index contributed by atoms with van der Waals surface area (Å²) >= 11 is 0. The maximum Gasteiger partial charge on any atom is 0.222 e. The molecule has 0 aliphatic carbocycles. The Balaban J connectivity index is 1.32. The first kappa shape index (κ1) is 21.3. The fraction of sp³-hybridized carbons (Fsp3) is 0.500. The minimum absolute atomic E-state index is 0.260. The van der Waals surface area contributed by atoms with Crippen LogP contribution in [0.1, 0.15) is 41.9 Å². The van der Waals surface area contributed by atoms with Gasteiger partial charge in [-0.05, 0) is 63.6 Å². The molecule has 164 valence electrons. The van der Waals surface area contributed by atoms with Crippen molar-refractivity contribution in [1.82, 2.24) is 29.2 Å². The molecule has 0 saturated carbocycles. The van der Waals surface area contributed by atoms with Crippen molar-refractivity contribution in [1.29, 1.82) is 0 Å². The zero-order valence-corrected chi connectivity index (χ0v) is 19.0. The number of aryl methyl sites for hydroxylation is 3. The van der Waals surface area contributed by atoms with Gasteiger partial charge in [0.15, 0.2) is 0 Å². The fourth-order valence-corrected chi connectivity index (χ4v) is 4.61. The molecule has 0 spiro atoms. The molecule has 3 aromatic rings. The second kappa shape index (κ2) is 9.04. The van der Waals surface area contributed by atoms with E-state index in [1.807, 2.05) is 42.0 Å². The Bertz CT molecular complexity index is 1040. The first-order valence-corrected chi connectivity index (χ1v) is 11.1. The molecule has 1 saturated heterocycles. The van der Waals surface area contributed by atoms with Gasteiger partial charge in [0.2, 0.25) is 5.91 Å². The number of imidazole rings is 1. The summed E-state index contributed by atoms with van der Waals surface area (Å²) in [5.41, 5.74) is 5.61. The van der Waals surface area contributed by atoms with Gasteiger partial charge in [-0.1, -0.05) is 0 Å². The Morgan fingerprint density at radius 3 is 2.58 bits per heavy atom. The van der Waals surface area contributed by atoms with Crippen LogP contribution >= 0.6 is 0 Å². The van der Waals surface area contributed by atoms with Crippen molar-refractivity contribution in [3.8, 4) is 11.4 Å². The number of hydrogen-bond donors (Lipinski definition) is 0. The summed E-state index contributed by atoms with van der Waals surface area (Å²) in [5, 5.41) is 4.46. The highest BCUT2D eigenvalue weighted by molar-refractivity contribution is 5.76. The van der Waals surface area contributed by atoms with E-state index in [1.54, 1.807) is 6.20 Å². The summed E-state index contributed by atoms with van der Waals surface area (Å²) in [5.74, 6) is 1.79. The van der Waals surface area contributed by atoms with Gasteiger partial charge in [-0.2, -0.15) is 5.10 Å². The third-order valence-electron chi connectivity index (χ3n) is 6.63. The van der Waals surface area contributed by atoms with E-state index in [0.29, 0.717) is 12.3 Å². The second-order valence-corrected chi connectivity index (χ2v) is 8.67. The molecule has 7 nitrogen and oxygen atoms in total. The molecule has 0 aromatic carbocycles. The predicted molar refractivity (Wildman–Crippen MR) is 121 cm³/mol. The van der Waals surface area contributed by atoms with E-state index in [1.165, 1.54) is 11.3 Å². The van der Waals surface area contributed by atoms with Crippen LogP contribution in [-0.4, -0.2) is 48.2 Å². The monoisotopic (exact) mass is 420 g/mol. The molecule has 1 fully saturated rings. The molecule has 0 radical (unpaired) electrons. The summed E-state index contributed by atoms with van der Waals surface area (Å²) in [6.45, 7) is 8.81. The van der Waals surface area contributed by atoms with Crippen LogP contribution in [0.4, 0.5) is 0 Å². The van der Waals surface area contributed by atoms with E-state index >= 15 is 0 Å². The van der Waals surface area contributed by atoms with Crippen LogP contribution in [0.15, 0.2) is 30.7 Å². The predicted octanol–water partition coefficient (Wildman–Crippen LogP) is 3.48. The lowest BCUT2D eigenvalue weighted by Crippen LogP contribution is -2.39. The van der Waals surface area contributed by atoms with Crippen LogP contribution < -0.4 is 0 Å². The first-order chi connectivity index (χ1) is 14.9. The van der Waals surface area contributed by atoms with Crippen molar-refractivity contribution in [2.45, 2.75) is 53.0 Å². The molecular weight excluding hydrogens is 388 g/mol. The fourth-order valence-electron chi connectivity index (χ4n) is 4.61. The SMILES string of the molecule is Cc1nn(C)c(C)c1CCC(=O)N1CCC(Cn2c(C)cnc2-c2cccnc2)CC1. The lowest BCUT2D eigenvalue weighted by atomic mass is 9.96. The highest BCUT2D eigenvalue weighted by Crippen LogP contribution is 2.25. The number of pyridine rings is 1. The van der Waals surface area contributed by atoms with Gasteiger partial charge in [0, 0.05) is 68.6 Å². The van der Waals surface area contributed by atoms with E-state index in [4.69, 9.17) is 0 Å². The molecule has 0 unspecified atom stereocenters. The molecule has 0 N–H and O–H groups in total.